The summed E-state index contributed by atoms with van der Waals surface area (Å²) in [5.74, 6) is 1.24. The largest absolute Gasteiger partial charge is 0.490 e. The fraction of sp³-hybridized carbons (Fsp3) is 0.381. The molecule has 0 spiro atoms. The maximum atomic E-state index is 12.6. The van der Waals surface area contributed by atoms with E-state index in [2.05, 4.69) is 15.6 Å². The standard InChI is InChI=1S/C21H24N4O4/c1-13-12-22-8-5-18(13)29-16-6-9-25(10-7-16)21(27)23-15-3-4-19-17(11-15)24-20(26)14(2)28-19/h3-5,8,11-12,14,16H,6-7,9-10H2,1-2H3,(H,23,27)(H,24,26). The van der Waals surface area contributed by atoms with Crippen molar-refractivity contribution in [2.75, 3.05) is 23.7 Å². The Morgan fingerprint density at radius 3 is 2.86 bits per heavy atom. The zero-order chi connectivity index (χ0) is 20.4. The zero-order valence-corrected chi connectivity index (χ0v) is 16.5. The summed E-state index contributed by atoms with van der Waals surface area (Å²) in [5.41, 5.74) is 2.18. The number of aromatic nitrogens is 1. The number of likely N-dealkylation sites (tertiary alicyclic amines) is 1. The topological polar surface area (TPSA) is 92.8 Å². The Balaban J connectivity index is 1.32. The van der Waals surface area contributed by atoms with Crippen molar-refractivity contribution in [2.24, 2.45) is 0 Å². The van der Waals surface area contributed by atoms with Gasteiger partial charge in [0, 0.05) is 49.6 Å². The number of carbonyl (C=O) groups excluding carboxylic acids is 2. The number of rotatable bonds is 3. The average molecular weight is 396 g/mol. The summed E-state index contributed by atoms with van der Waals surface area (Å²) in [6.07, 6.45) is 4.59. The highest BCUT2D eigenvalue weighted by molar-refractivity contribution is 5.99. The number of pyridine rings is 1. The van der Waals surface area contributed by atoms with Crippen LogP contribution >= 0.6 is 0 Å². The smallest absolute Gasteiger partial charge is 0.321 e. The first-order chi connectivity index (χ1) is 14.0. The molecule has 4 rings (SSSR count). The number of nitrogens with one attached hydrogen (secondary N) is 2. The Bertz CT molecular complexity index is 925. The predicted molar refractivity (Wildman–Crippen MR) is 108 cm³/mol. The second kappa shape index (κ2) is 7.98. The number of fused-ring (bicyclic) bond motifs is 1. The quantitative estimate of drug-likeness (QED) is 0.831. The fourth-order valence-electron chi connectivity index (χ4n) is 3.44. The Morgan fingerprint density at radius 1 is 1.31 bits per heavy atom. The van der Waals surface area contributed by atoms with Gasteiger partial charge in [-0.2, -0.15) is 0 Å². The van der Waals surface area contributed by atoms with Crippen LogP contribution in [0.4, 0.5) is 16.2 Å². The minimum atomic E-state index is -0.526. The van der Waals surface area contributed by atoms with Crippen molar-refractivity contribution in [3.05, 3.63) is 42.2 Å². The van der Waals surface area contributed by atoms with Crippen LogP contribution in [-0.4, -0.2) is 47.1 Å². The second-order valence-corrected chi connectivity index (χ2v) is 7.34. The number of urea groups is 1. The highest BCUT2D eigenvalue weighted by Crippen LogP contribution is 2.32. The highest BCUT2D eigenvalue weighted by Gasteiger charge is 2.26. The summed E-state index contributed by atoms with van der Waals surface area (Å²) in [6.45, 7) is 4.89. The molecule has 2 aliphatic heterocycles. The van der Waals surface area contributed by atoms with E-state index in [1.54, 1.807) is 42.4 Å². The van der Waals surface area contributed by atoms with E-state index in [0.29, 0.717) is 30.2 Å². The molecule has 0 bridgehead atoms. The zero-order valence-electron chi connectivity index (χ0n) is 16.5. The van der Waals surface area contributed by atoms with Crippen molar-refractivity contribution in [1.29, 1.82) is 0 Å². The minimum absolute atomic E-state index is 0.0817. The number of piperidine rings is 1. The summed E-state index contributed by atoms with van der Waals surface area (Å²) >= 11 is 0. The highest BCUT2D eigenvalue weighted by atomic mass is 16.5. The van der Waals surface area contributed by atoms with Gasteiger partial charge in [-0.05, 0) is 38.1 Å². The third kappa shape index (κ3) is 4.26. The molecule has 1 atom stereocenters. The molecule has 0 aliphatic carbocycles. The molecule has 2 aliphatic rings. The maximum Gasteiger partial charge on any atom is 0.321 e. The molecule has 3 heterocycles. The number of hydrogen-bond acceptors (Lipinski definition) is 5. The fourth-order valence-corrected chi connectivity index (χ4v) is 3.44. The Morgan fingerprint density at radius 2 is 2.10 bits per heavy atom. The lowest BCUT2D eigenvalue weighted by molar-refractivity contribution is -0.122. The number of anilines is 2. The third-order valence-corrected chi connectivity index (χ3v) is 5.15. The molecule has 152 valence electrons. The van der Waals surface area contributed by atoms with E-state index >= 15 is 0 Å². The molecule has 3 amide bonds. The lowest BCUT2D eigenvalue weighted by Crippen LogP contribution is -2.43. The number of benzene rings is 1. The van der Waals surface area contributed by atoms with E-state index in [1.165, 1.54) is 0 Å². The van der Waals surface area contributed by atoms with Crippen LogP contribution in [0.1, 0.15) is 25.3 Å². The lowest BCUT2D eigenvalue weighted by atomic mass is 10.1. The Labute approximate surface area is 169 Å². The maximum absolute atomic E-state index is 12.6. The van der Waals surface area contributed by atoms with E-state index in [4.69, 9.17) is 9.47 Å². The van der Waals surface area contributed by atoms with Crippen molar-refractivity contribution in [2.45, 2.75) is 38.9 Å². The van der Waals surface area contributed by atoms with Gasteiger partial charge in [0.2, 0.25) is 0 Å². The van der Waals surface area contributed by atoms with Crippen molar-refractivity contribution in [3.8, 4) is 11.5 Å². The molecule has 2 aromatic rings. The van der Waals surface area contributed by atoms with Crippen LogP contribution in [0, 0.1) is 6.92 Å². The molecule has 8 nitrogen and oxygen atoms in total. The molecular weight excluding hydrogens is 372 g/mol. The lowest BCUT2D eigenvalue weighted by Gasteiger charge is -2.32. The van der Waals surface area contributed by atoms with E-state index < -0.39 is 6.10 Å². The number of carbonyl (C=O) groups is 2. The van der Waals surface area contributed by atoms with Gasteiger partial charge in [0.15, 0.2) is 6.10 Å². The monoisotopic (exact) mass is 396 g/mol. The van der Waals surface area contributed by atoms with Gasteiger partial charge in [-0.3, -0.25) is 9.78 Å². The summed E-state index contributed by atoms with van der Waals surface area (Å²) in [4.78, 5) is 30.2. The molecule has 29 heavy (non-hydrogen) atoms. The number of ether oxygens (including phenoxy) is 2. The summed E-state index contributed by atoms with van der Waals surface area (Å²) < 4.78 is 11.6. The molecule has 1 aromatic carbocycles. The minimum Gasteiger partial charge on any atom is -0.490 e. The number of nitrogens with zero attached hydrogens (tertiary/aromatic N) is 2. The summed E-state index contributed by atoms with van der Waals surface area (Å²) in [7, 11) is 0. The number of hydrogen-bond donors (Lipinski definition) is 2. The Kier molecular flexibility index (Phi) is 5.24. The molecule has 8 heteroatoms. The van der Waals surface area contributed by atoms with E-state index in [9.17, 15) is 9.59 Å². The SMILES string of the molecule is Cc1cnccc1OC1CCN(C(=O)Nc2ccc3c(c2)NC(=O)C(C)O3)CC1. The third-order valence-electron chi connectivity index (χ3n) is 5.15. The van der Waals surface area contributed by atoms with Crippen LogP contribution in [0.3, 0.4) is 0 Å². The molecular formula is C21H24N4O4. The molecule has 1 aromatic heterocycles. The van der Waals surface area contributed by atoms with Crippen LogP contribution in [0.5, 0.6) is 11.5 Å². The average Bonchev–Trinajstić information content (AvgIpc) is 2.71. The van der Waals surface area contributed by atoms with Gasteiger partial charge in [-0.25, -0.2) is 4.79 Å². The molecule has 1 saturated heterocycles. The second-order valence-electron chi connectivity index (χ2n) is 7.34. The van der Waals surface area contributed by atoms with Crippen molar-refractivity contribution < 1.29 is 19.1 Å². The van der Waals surface area contributed by atoms with Crippen LogP contribution < -0.4 is 20.1 Å². The molecule has 1 unspecified atom stereocenters. The van der Waals surface area contributed by atoms with E-state index in [-0.39, 0.29) is 18.0 Å². The number of amides is 3. The van der Waals surface area contributed by atoms with E-state index in [0.717, 1.165) is 24.2 Å². The predicted octanol–water partition coefficient (Wildman–Crippen LogP) is 3.18. The van der Waals surface area contributed by atoms with Gasteiger partial charge in [0.25, 0.3) is 5.91 Å². The first kappa shape index (κ1) is 19.0. The molecule has 0 saturated carbocycles. The van der Waals surface area contributed by atoms with Gasteiger partial charge in [0.05, 0.1) is 5.69 Å². The normalized spacial score (nSPS) is 19.0. The Hall–Kier alpha value is -3.29. The molecule has 1 fully saturated rings. The van der Waals surface area contributed by atoms with Gasteiger partial charge in [0.1, 0.15) is 17.6 Å². The van der Waals surface area contributed by atoms with Crippen LogP contribution in [0.15, 0.2) is 36.7 Å². The van der Waals surface area contributed by atoms with Gasteiger partial charge in [-0.1, -0.05) is 0 Å². The van der Waals surface area contributed by atoms with Crippen molar-refractivity contribution in [1.82, 2.24) is 9.88 Å². The van der Waals surface area contributed by atoms with Crippen LogP contribution in [-0.2, 0) is 4.79 Å². The summed E-state index contributed by atoms with van der Waals surface area (Å²) in [5, 5.41) is 5.68. The number of aryl methyl sites for hydroxylation is 1. The first-order valence-corrected chi connectivity index (χ1v) is 9.74. The van der Waals surface area contributed by atoms with Crippen molar-refractivity contribution >= 4 is 23.3 Å². The first-order valence-electron chi connectivity index (χ1n) is 9.74. The van der Waals surface area contributed by atoms with E-state index in [1.807, 2.05) is 13.0 Å². The summed E-state index contributed by atoms with van der Waals surface area (Å²) in [6, 6.07) is 6.92. The van der Waals surface area contributed by atoms with Gasteiger partial charge < -0.3 is 25.0 Å². The van der Waals surface area contributed by atoms with Gasteiger partial charge >= 0.3 is 6.03 Å². The van der Waals surface area contributed by atoms with Crippen molar-refractivity contribution in [3.63, 3.8) is 0 Å². The van der Waals surface area contributed by atoms with Crippen LogP contribution in [0.25, 0.3) is 0 Å². The molecule has 2 N–H and O–H groups in total. The van der Waals surface area contributed by atoms with Crippen LogP contribution in [0.2, 0.25) is 0 Å². The molecule has 0 radical (unpaired) electrons. The van der Waals surface area contributed by atoms with Gasteiger partial charge in [-0.15, -0.1) is 0 Å².